The summed E-state index contributed by atoms with van der Waals surface area (Å²) in [6, 6.07) is 0. The summed E-state index contributed by atoms with van der Waals surface area (Å²) in [4.78, 5) is 7.94. The van der Waals surface area contributed by atoms with Gasteiger partial charge >= 0.3 is 0 Å². The van der Waals surface area contributed by atoms with Crippen molar-refractivity contribution in [2.75, 3.05) is 72.1 Å². The molecule has 0 aromatic heterocycles. The van der Waals surface area contributed by atoms with Crippen molar-refractivity contribution < 1.29 is 4.74 Å². The van der Waals surface area contributed by atoms with Crippen molar-refractivity contribution in [3.63, 3.8) is 0 Å². The van der Waals surface area contributed by atoms with Crippen LogP contribution in [0.1, 0.15) is 32.1 Å². The summed E-state index contributed by atoms with van der Waals surface area (Å²) in [5, 5.41) is 0. The molecule has 3 rings (SSSR count). The monoisotopic (exact) mass is 295 g/mol. The molecule has 2 aliphatic heterocycles. The maximum atomic E-state index is 5.42. The summed E-state index contributed by atoms with van der Waals surface area (Å²) in [7, 11) is 0. The molecule has 0 atom stereocenters. The van der Waals surface area contributed by atoms with E-state index in [-0.39, 0.29) is 0 Å². The average molecular weight is 295 g/mol. The molecule has 21 heavy (non-hydrogen) atoms. The minimum Gasteiger partial charge on any atom is -0.379 e. The topological polar surface area (TPSA) is 19.0 Å². The van der Waals surface area contributed by atoms with Crippen LogP contribution in [0.2, 0.25) is 0 Å². The zero-order valence-electron chi connectivity index (χ0n) is 13.6. The van der Waals surface area contributed by atoms with Crippen molar-refractivity contribution in [1.29, 1.82) is 0 Å². The first-order valence-corrected chi connectivity index (χ1v) is 9.15. The Balaban J connectivity index is 1.29. The van der Waals surface area contributed by atoms with E-state index in [0.717, 1.165) is 32.2 Å². The third-order valence-electron chi connectivity index (χ3n) is 5.54. The highest BCUT2D eigenvalue weighted by Gasteiger charge is 2.21. The quantitative estimate of drug-likeness (QED) is 0.765. The van der Waals surface area contributed by atoms with Crippen molar-refractivity contribution in [3.05, 3.63) is 0 Å². The molecule has 4 nitrogen and oxygen atoms in total. The van der Waals surface area contributed by atoms with Crippen molar-refractivity contribution in [3.8, 4) is 0 Å². The lowest BCUT2D eigenvalue weighted by Gasteiger charge is -2.38. The minimum absolute atomic E-state index is 0.926. The van der Waals surface area contributed by atoms with Crippen LogP contribution in [0.25, 0.3) is 0 Å². The van der Waals surface area contributed by atoms with Gasteiger partial charge in [0.2, 0.25) is 0 Å². The van der Waals surface area contributed by atoms with Gasteiger partial charge < -0.3 is 9.64 Å². The van der Waals surface area contributed by atoms with Crippen molar-refractivity contribution in [2.24, 2.45) is 5.92 Å². The van der Waals surface area contributed by atoms with E-state index >= 15 is 0 Å². The molecule has 0 N–H and O–H groups in total. The molecule has 0 unspecified atom stereocenters. The lowest BCUT2D eigenvalue weighted by molar-refractivity contribution is 0.0291. The van der Waals surface area contributed by atoms with Crippen LogP contribution < -0.4 is 0 Å². The average Bonchev–Trinajstić information content (AvgIpc) is 2.56. The molecule has 0 aromatic carbocycles. The van der Waals surface area contributed by atoms with Crippen LogP contribution in [0.3, 0.4) is 0 Å². The third-order valence-corrected chi connectivity index (χ3v) is 5.54. The highest BCUT2D eigenvalue weighted by molar-refractivity contribution is 4.77. The lowest BCUT2D eigenvalue weighted by atomic mass is 9.89. The van der Waals surface area contributed by atoms with Crippen LogP contribution in [-0.2, 0) is 4.74 Å². The molecule has 3 fully saturated rings. The second-order valence-corrected chi connectivity index (χ2v) is 7.10. The zero-order chi connectivity index (χ0) is 14.3. The summed E-state index contributed by atoms with van der Waals surface area (Å²) < 4.78 is 5.42. The Kier molecular flexibility index (Phi) is 6.34. The summed E-state index contributed by atoms with van der Waals surface area (Å²) in [6.07, 6.45) is 7.40. The first-order chi connectivity index (χ1) is 10.4. The molecule has 122 valence electrons. The van der Waals surface area contributed by atoms with Gasteiger partial charge in [0.25, 0.3) is 0 Å². The van der Waals surface area contributed by atoms with Gasteiger partial charge in [0.05, 0.1) is 13.2 Å². The van der Waals surface area contributed by atoms with Gasteiger partial charge in [-0.1, -0.05) is 19.3 Å². The molecule has 0 amide bonds. The van der Waals surface area contributed by atoms with Crippen LogP contribution in [0.15, 0.2) is 0 Å². The van der Waals surface area contributed by atoms with E-state index in [0.29, 0.717) is 0 Å². The minimum atomic E-state index is 0.926. The number of nitrogens with zero attached hydrogens (tertiary/aromatic N) is 3. The maximum Gasteiger partial charge on any atom is 0.0594 e. The molecule has 1 saturated carbocycles. The Labute approximate surface area is 130 Å². The summed E-state index contributed by atoms with van der Waals surface area (Å²) in [5.74, 6) is 0.999. The van der Waals surface area contributed by atoms with E-state index in [1.165, 1.54) is 77.9 Å². The Bertz CT molecular complexity index is 280. The molecular formula is C17H33N3O. The Hall–Kier alpha value is -0.160. The summed E-state index contributed by atoms with van der Waals surface area (Å²) in [5.41, 5.74) is 0. The van der Waals surface area contributed by atoms with Gasteiger partial charge in [0.15, 0.2) is 0 Å². The number of morpholine rings is 1. The second-order valence-electron chi connectivity index (χ2n) is 7.10. The number of piperazine rings is 1. The fourth-order valence-electron chi connectivity index (χ4n) is 4.04. The highest BCUT2D eigenvalue weighted by atomic mass is 16.5. The smallest absolute Gasteiger partial charge is 0.0594 e. The van der Waals surface area contributed by atoms with E-state index in [1.807, 2.05) is 0 Å². The molecule has 1 aliphatic carbocycles. The molecule has 0 aromatic rings. The Morgan fingerprint density at radius 1 is 0.667 bits per heavy atom. The molecule has 2 heterocycles. The predicted molar refractivity (Wildman–Crippen MR) is 86.7 cm³/mol. The SMILES string of the molecule is C1CCC(CN2CCN(CCN3CCOCC3)CC2)CC1. The molecule has 0 radical (unpaired) electrons. The predicted octanol–water partition coefficient (Wildman–Crippen LogP) is 1.52. The first-order valence-electron chi connectivity index (χ1n) is 9.15. The largest absolute Gasteiger partial charge is 0.379 e. The molecule has 0 spiro atoms. The van der Waals surface area contributed by atoms with Gasteiger partial charge in [-0.15, -0.1) is 0 Å². The van der Waals surface area contributed by atoms with Gasteiger partial charge in [0, 0.05) is 58.9 Å². The number of hydrogen-bond acceptors (Lipinski definition) is 4. The standard InChI is InChI=1S/C17H33N3O/c1-2-4-17(5-3-1)16-20-10-8-18(9-11-20)6-7-19-12-14-21-15-13-19/h17H,1-16H2. The molecule has 4 heteroatoms. The number of hydrogen-bond donors (Lipinski definition) is 0. The van der Waals surface area contributed by atoms with Gasteiger partial charge in [0.1, 0.15) is 0 Å². The number of ether oxygens (including phenoxy) is 1. The number of rotatable bonds is 5. The van der Waals surface area contributed by atoms with Crippen LogP contribution in [0.5, 0.6) is 0 Å². The van der Waals surface area contributed by atoms with E-state index in [9.17, 15) is 0 Å². The van der Waals surface area contributed by atoms with Gasteiger partial charge in [-0.05, 0) is 18.8 Å². The van der Waals surface area contributed by atoms with E-state index < -0.39 is 0 Å². The first kappa shape index (κ1) is 15.7. The van der Waals surface area contributed by atoms with Crippen LogP contribution in [0.4, 0.5) is 0 Å². The molecule has 3 aliphatic rings. The molecular weight excluding hydrogens is 262 g/mol. The Morgan fingerprint density at radius 3 is 1.90 bits per heavy atom. The van der Waals surface area contributed by atoms with E-state index in [2.05, 4.69) is 14.7 Å². The fourth-order valence-corrected chi connectivity index (χ4v) is 4.04. The van der Waals surface area contributed by atoms with Crippen molar-refractivity contribution >= 4 is 0 Å². The Morgan fingerprint density at radius 2 is 1.24 bits per heavy atom. The third kappa shape index (κ3) is 5.20. The van der Waals surface area contributed by atoms with E-state index in [1.54, 1.807) is 0 Å². The summed E-state index contributed by atoms with van der Waals surface area (Å²) >= 11 is 0. The van der Waals surface area contributed by atoms with Gasteiger partial charge in [-0.25, -0.2) is 0 Å². The lowest BCUT2D eigenvalue weighted by Crippen LogP contribution is -2.50. The van der Waals surface area contributed by atoms with Gasteiger partial charge in [-0.2, -0.15) is 0 Å². The van der Waals surface area contributed by atoms with Crippen LogP contribution >= 0.6 is 0 Å². The van der Waals surface area contributed by atoms with Crippen molar-refractivity contribution in [1.82, 2.24) is 14.7 Å². The van der Waals surface area contributed by atoms with Crippen LogP contribution in [0, 0.1) is 5.92 Å². The highest BCUT2D eigenvalue weighted by Crippen LogP contribution is 2.24. The normalized spacial score (nSPS) is 28.0. The second kappa shape index (κ2) is 8.47. The van der Waals surface area contributed by atoms with Crippen LogP contribution in [-0.4, -0.2) is 86.8 Å². The fraction of sp³-hybridized carbons (Fsp3) is 1.00. The maximum absolute atomic E-state index is 5.42. The van der Waals surface area contributed by atoms with Gasteiger partial charge in [-0.3, -0.25) is 9.80 Å². The molecule has 2 saturated heterocycles. The zero-order valence-corrected chi connectivity index (χ0v) is 13.6. The van der Waals surface area contributed by atoms with E-state index in [4.69, 9.17) is 4.74 Å². The molecule has 0 bridgehead atoms. The van der Waals surface area contributed by atoms with Crippen molar-refractivity contribution in [2.45, 2.75) is 32.1 Å². The summed E-state index contributed by atoms with van der Waals surface area (Å²) in [6.45, 7) is 13.1.